The highest BCUT2D eigenvalue weighted by molar-refractivity contribution is 7.92. The van der Waals surface area contributed by atoms with E-state index in [0.717, 1.165) is 12.8 Å². The molecule has 0 bridgehead atoms. The number of carbonyl (C=O) groups excluding carboxylic acids is 1. The fourth-order valence-corrected chi connectivity index (χ4v) is 4.12. The maximum Gasteiger partial charge on any atom is 0.160 e. The fourth-order valence-electron chi connectivity index (χ4n) is 1.91. The molecule has 0 aromatic heterocycles. The Morgan fingerprint density at radius 3 is 2.50 bits per heavy atom. The normalized spacial score (nSPS) is 24.2. The molecule has 1 saturated carbocycles. The molecule has 0 aliphatic heterocycles. The first-order valence-electron chi connectivity index (χ1n) is 5.18. The van der Waals surface area contributed by atoms with E-state index in [2.05, 4.69) is 0 Å². The van der Waals surface area contributed by atoms with Crippen molar-refractivity contribution >= 4 is 15.6 Å². The highest BCUT2D eigenvalue weighted by atomic mass is 32.2. The molecule has 0 spiro atoms. The van der Waals surface area contributed by atoms with Crippen LogP contribution in [0.25, 0.3) is 0 Å². The van der Waals surface area contributed by atoms with Crippen molar-refractivity contribution in [2.24, 2.45) is 5.92 Å². The average molecular weight is 218 g/mol. The first-order chi connectivity index (χ1) is 6.43. The van der Waals surface area contributed by atoms with E-state index in [4.69, 9.17) is 0 Å². The summed E-state index contributed by atoms with van der Waals surface area (Å²) in [6.07, 6.45) is 2.70. The van der Waals surface area contributed by atoms with Crippen LogP contribution in [0, 0.1) is 5.92 Å². The van der Waals surface area contributed by atoms with Gasteiger partial charge < -0.3 is 0 Å². The van der Waals surface area contributed by atoms with Crippen molar-refractivity contribution in [1.29, 1.82) is 0 Å². The molecule has 0 aromatic rings. The minimum absolute atomic E-state index is 0.0723. The van der Waals surface area contributed by atoms with Gasteiger partial charge in [-0.3, -0.25) is 4.79 Å². The van der Waals surface area contributed by atoms with Gasteiger partial charge in [0.05, 0.1) is 5.75 Å². The molecule has 0 heterocycles. The van der Waals surface area contributed by atoms with E-state index in [1.807, 2.05) is 13.8 Å². The first kappa shape index (κ1) is 11.7. The molecule has 14 heavy (non-hydrogen) atoms. The average Bonchev–Trinajstić information content (AvgIpc) is 2.02. The Bertz CT molecular complexity index is 303. The fraction of sp³-hybridized carbons (Fsp3) is 0.900. The third kappa shape index (κ3) is 2.80. The van der Waals surface area contributed by atoms with Crippen molar-refractivity contribution in [3.8, 4) is 0 Å². The van der Waals surface area contributed by atoms with E-state index < -0.39 is 15.1 Å². The van der Waals surface area contributed by atoms with Gasteiger partial charge in [0.2, 0.25) is 0 Å². The first-order valence-corrected chi connectivity index (χ1v) is 6.89. The third-order valence-electron chi connectivity index (χ3n) is 2.50. The van der Waals surface area contributed by atoms with Gasteiger partial charge in [-0.05, 0) is 18.8 Å². The Kier molecular flexibility index (Phi) is 3.70. The van der Waals surface area contributed by atoms with Crippen LogP contribution in [-0.2, 0) is 14.6 Å². The van der Waals surface area contributed by atoms with Crippen molar-refractivity contribution < 1.29 is 13.2 Å². The molecule has 1 aliphatic carbocycles. The summed E-state index contributed by atoms with van der Waals surface area (Å²) in [5.41, 5.74) is 0. The lowest BCUT2D eigenvalue weighted by Gasteiger charge is -2.21. The lowest BCUT2D eigenvalue weighted by molar-refractivity contribution is -0.119. The molecule has 1 aliphatic rings. The molecule has 0 N–H and O–H groups in total. The number of carbonyl (C=O) groups is 1. The molecule has 0 radical (unpaired) electrons. The zero-order valence-corrected chi connectivity index (χ0v) is 9.64. The van der Waals surface area contributed by atoms with Crippen molar-refractivity contribution in [2.45, 2.75) is 44.8 Å². The van der Waals surface area contributed by atoms with Gasteiger partial charge >= 0.3 is 0 Å². The monoisotopic (exact) mass is 218 g/mol. The molecule has 1 unspecified atom stereocenters. The van der Waals surface area contributed by atoms with E-state index in [-0.39, 0.29) is 17.5 Å². The minimum atomic E-state index is -3.18. The summed E-state index contributed by atoms with van der Waals surface area (Å²) < 4.78 is 23.6. The van der Waals surface area contributed by atoms with Crippen LogP contribution < -0.4 is 0 Å². The van der Waals surface area contributed by atoms with Gasteiger partial charge in [0.25, 0.3) is 0 Å². The molecular weight excluding hydrogens is 200 g/mol. The van der Waals surface area contributed by atoms with Gasteiger partial charge in [-0.25, -0.2) is 8.42 Å². The van der Waals surface area contributed by atoms with Crippen LogP contribution in [0.2, 0.25) is 0 Å². The van der Waals surface area contributed by atoms with Crippen LogP contribution in [0.15, 0.2) is 0 Å². The molecule has 3 nitrogen and oxygen atoms in total. The van der Waals surface area contributed by atoms with Crippen LogP contribution in [0.1, 0.15) is 39.5 Å². The van der Waals surface area contributed by atoms with Gasteiger partial charge in [-0.15, -0.1) is 0 Å². The smallest absolute Gasteiger partial charge is 0.160 e. The Labute approximate surface area is 85.8 Å². The largest absolute Gasteiger partial charge is 0.298 e. The Hall–Kier alpha value is -0.380. The summed E-state index contributed by atoms with van der Waals surface area (Å²) in [4.78, 5) is 11.4. The summed E-state index contributed by atoms with van der Waals surface area (Å²) >= 11 is 0. The lowest BCUT2D eigenvalue weighted by Crippen LogP contribution is -2.35. The number of hydrogen-bond acceptors (Lipinski definition) is 3. The number of Topliss-reactive ketones (excluding diaryl/α,β-unsaturated/α-hetero) is 1. The quantitative estimate of drug-likeness (QED) is 0.722. The maximum atomic E-state index is 11.8. The summed E-state index contributed by atoms with van der Waals surface area (Å²) in [6.45, 7) is 3.73. The molecule has 1 rings (SSSR count). The molecule has 0 aromatic carbocycles. The number of ketones is 1. The molecule has 0 saturated heterocycles. The maximum absolute atomic E-state index is 11.8. The zero-order valence-electron chi connectivity index (χ0n) is 8.82. The van der Waals surface area contributed by atoms with Crippen molar-refractivity contribution in [2.75, 3.05) is 5.75 Å². The second-order valence-electron chi connectivity index (χ2n) is 4.42. The van der Waals surface area contributed by atoms with Crippen molar-refractivity contribution in [1.82, 2.24) is 0 Å². The van der Waals surface area contributed by atoms with E-state index in [0.29, 0.717) is 12.8 Å². The van der Waals surface area contributed by atoms with Gasteiger partial charge in [0.1, 0.15) is 5.25 Å². The summed E-state index contributed by atoms with van der Waals surface area (Å²) in [5.74, 6) is 0.176. The summed E-state index contributed by atoms with van der Waals surface area (Å²) in [6, 6.07) is 0. The predicted octanol–water partition coefficient (Wildman–Crippen LogP) is 1.57. The van der Waals surface area contributed by atoms with Gasteiger partial charge in [-0.1, -0.05) is 20.3 Å². The topological polar surface area (TPSA) is 51.2 Å². The van der Waals surface area contributed by atoms with Crippen molar-refractivity contribution in [3.63, 3.8) is 0 Å². The highest BCUT2D eigenvalue weighted by Crippen LogP contribution is 2.22. The Morgan fingerprint density at radius 1 is 1.36 bits per heavy atom. The van der Waals surface area contributed by atoms with E-state index in [1.54, 1.807) is 0 Å². The number of sulfone groups is 1. The number of hydrogen-bond donors (Lipinski definition) is 0. The SMILES string of the molecule is CC(C)CS(=O)(=O)C1CCCCC1=O. The molecule has 4 heteroatoms. The molecular formula is C10H18O3S. The lowest BCUT2D eigenvalue weighted by atomic mass is 9.99. The Balaban J connectivity index is 2.75. The second-order valence-corrected chi connectivity index (χ2v) is 6.65. The van der Waals surface area contributed by atoms with Crippen LogP contribution in [0.5, 0.6) is 0 Å². The zero-order chi connectivity index (χ0) is 10.8. The van der Waals surface area contributed by atoms with Gasteiger partial charge in [-0.2, -0.15) is 0 Å². The molecule has 0 amide bonds. The van der Waals surface area contributed by atoms with Crippen LogP contribution in [0.3, 0.4) is 0 Å². The summed E-state index contributed by atoms with van der Waals surface area (Å²) in [7, 11) is -3.18. The molecule has 1 fully saturated rings. The predicted molar refractivity (Wildman–Crippen MR) is 55.9 cm³/mol. The third-order valence-corrected chi connectivity index (χ3v) is 4.99. The molecule has 1 atom stereocenters. The minimum Gasteiger partial charge on any atom is -0.298 e. The van der Waals surface area contributed by atoms with Crippen LogP contribution >= 0.6 is 0 Å². The van der Waals surface area contributed by atoms with Gasteiger partial charge in [0.15, 0.2) is 15.6 Å². The van der Waals surface area contributed by atoms with E-state index >= 15 is 0 Å². The van der Waals surface area contributed by atoms with E-state index in [9.17, 15) is 13.2 Å². The van der Waals surface area contributed by atoms with Crippen molar-refractivity contribution in [3.05, 3.63) is 0 Å². The van der Waals surface area contributed by atoms with E-state index in [1.165, 1.54) is 0 Å². The number of rotatable bonds is 3. The van der Waals surface area contributed by atoms with Crippen LogP contribution in [0.4, 0.5) is 0 Å². The Morgan fingerprint density at radius 2 is 2.00 bits per heavy atom. The summed E-state index contributed by atoms with van der Waals surface area (Å²) in [5, 5.41) is -0.696. The standard InChI is InChI=1S/C10H18O3S/c1-8(2)7-14(12,13)10-6-4-3-5-9(10)11/h8,10H,3-7H2,1-2H3. The van der Waals surface area contributed by atoms with Gasteiger partial charge in [0, 0.05) is 6.42 Å². The molecule has 82 valence electrons. The second kappa shape index (κ2) is 4.43. The highest BCUT2D eigenvalue weighted by Gasteiger charge is 2.33. The van der Waals surface area contributed by atoms with Crippen LogP contribution in [-0.4, -0.2) is 25.2 Å².